The van der Waals surface area contributed by atoms with E-state index >= 15 is 13.2 Å². The highest BCUT2D eigenvalue weighted by molar-refractivity contribution is 5.90. The van der Waals surface area contributed by atoms with Crippen LogP contribution in [0.3, 0.4) is 0 Å². The van der Waals surface area contributed by atoms with E-state index in [9.17, 15) is 27.6 Å². The number of carbonyl (C=O) groups excluding carboxylic acids is 3. The average molecular weight is 1040 g/mol. The molecule has 16 heteroatoms. The van der Waals surface area contributed by atoms with Gasteiger partial charge in [0.05, 0.1) is 24.4 Å². The molecule has 0 unspecified atom stereocenters. The number of rotatable bonds is 33. The zero-order valence-electron chi connectivity index (χ0n) is 43.4. The third-order valence-corrected chi connectivity index (χ3v) is 14.8. The zero-order valence-corrected chi connectivity index (χ0v) is 43.4. The minimum Gasteiger partial charge on any atom is -0.457 e. The summed E-state index contributed by atoms with van der Waals surface area (Å²) >= 11 is 0. The number of alkyl halides is 6. The van der Waals surface area contributed by atoms with Gasteiger partial charge >= 0.3 is 30.3 Å². The number of esters is 3. The molecule has 0 N–H and O–H groups in total. The van der Waals surface area contributed by atoms with Crippen molar-refractivity contribution in [2.75, 3.05) is 14.2 Å². The number of carbonyl (C=O) groups is 3. The first-order valence-electron chi connectivity index (χ1n) is 27.0. The lowest BCUT2D eigenvalue weighted by Crippen LogP contribution is -2.53. The molecule has 3 aliphatic rings. The summed E-state index contributed by atoms with van der Waals surface area (Å²) in [5.41, 5.74) is -6.83. The number of cyclic esters (lactones) is 1. The summed E-state index contributed by atoms with van der Waals surface area (Å²) in [6, 6.07) is 13.4. The summed E-state index contributed by atoms with van der Waals surface area (Å²) in [4.78, 5) is 39.8. The van der Waals surface area contributed by atoms with Crippen LogP contribution in [-0.4, -0.2) is 87.2 Å². The van der Waals surface area contributed by atoms with Crippen LogP contribution in [0.4, 0.5) is 26.3 Å². The molecule has 3 heterocycles. The van der Waals surface area contributed by atoms with Crippen molar-refractivity contribution >= 4 is 17.9 Å². The fraction of sp³-hybridized carbons (Fsp3) is 0.702. The third kappa shape index (κ3) is 16.3. The molecular weight excluding hydrogens is 959 g/mol. The van der Waals surface area contributed by atoms with E-state index in [1.807, 2.05) is 13.0 Å². The van der Waals surface area contributed by atoms with Gasteiger partial charge in [0.2, 0.25) is 0 Å². The Kier molecular flexibility index (Phi) is 24.1. The Balaban J connectivity index is 1.22. The van der Waals surface area contributed by atoms with Gasteiger partial charge in [0, 0.05) is 30.9 Å². The fourth-order valence-corrected chi connectivity index (χ4v) is 10.7. The van der Waals surface area contributed by atoms with E-state index in [0.29, 0.717) is 38.5 Å². The number of benzene rings is 2. The van der Waals surface area contributed by atoms with Crippen LogP contribution in [0.2, 0.25) is 0 Å². The molecule has 0 aliphatic carbocycles. The van der Waals surface area contributed by atoms with Crippen LogP contribution in [0.1, 0.15) is 185 Å². The van der Waals surface area contributed by atoms with Gasteiger partial charge in [-0.2, -0.15) is 26.3 Å². The lowest BCUT2D eigenvalue weighted by molar-refractivity contribution is -0.281. The van der Waals surface area contributed by atoms with Crippen molar-refractivity contribution in [2.45, 2.75) is 241 Å². The SMILES string of the molecule is CCCCCCCCCC[C@@H](OC(=O)[C@](OC)(c1ccccc1)C(F)(F)F)[C@H]1CC[C@@H]([C@@H]2CC[C@H]([C@@H](CCCCCCCCCCCCC3=C[C@H](C)OC3=O)OC(=O)[C@](OC)(c3ccccc3)C(F)(F)F)O2)O1. The van der Waals surface area contributed by atoms with Crippen molar-refractivity contribution in [1.82, 2.24) is 0 Å². The molecule has 0 aromatic heterocycles. The van der Waals surface area contributed by atoms with E-state index < -0.39 is 83.2 Å². The monoisotopic (exact) mass is 1040 g/mol. The molecule has 0 amide bonds. The van der Waals surface area contributed by atoms with Gasteiger partial charge in [-0.15, -0.1) is 0 Å². The predicted molar refractivity (Wildman–Crippen MR) is 264 cm³/mol. The Morgan fingerprint density at radius 1 is 0.562 bits per heavy atom. The summed E-state index contributed by atoms with van der Waals surface area (Å²) in [6.45, 7) is 4.00. The summed E-state index contributed by atoms with van der Waals surface area (Å²) < 4.78 is 130. The highest BCUT2D eigenvalue weighted by Crippen LogP contribution is 2.46. The van der Waals surface area contributed by atoms with E-state index in [1.54, 1.807) is 0 Å². The van der Waals surface area contributed by atoms with Gasteiger partial charge in [-0.1, -0.05) is 164 Å². The van der Waals surface area contributed by atoms with Crippen molar-refractivity contribution in [2.24, 2.45) is 0 Å². The van der Waals surface area contributed by atoms with E-state index in [4.69, 9.17) is 33.2 Å². The summed E-state index contributed by atoms with van der Waals surface area (Å²) in [5, 5.41) is 0. The molecule has 0 saturated carbocycles. The van der Waals surface area contributed by atoms with Crippen LogP contribution >= 0.6 is 0 Å². The van der Waals surface area contributed by atoms with E-state index in [2.05, 4.69) is 6.92 Å². The van der Waals surface area contributed by atoms with Crippen LogP contribution in [-0.2, 0) is 58.7 Å². The standard InChI is InChI=1S/C57H80F6O10/c1-5-6-7-8-9-15-18-27-34-45(72-52(65)54(67-3,56(58,59)60)43-30-23-20-24-31-43)47-36-38-49(70-47)50-39-37-48(71-50)46(73-53(66)55(68-4,57(61,62)63)44-32-25-21-26-33-44)35-28-19-16-13-11-10-12-14-17-22-29-42-40-41(2)69-51(42)64/h20-21,23-26,30-33,40-41,45-50H,5-19,22,27-29,34-39H2,1-4H3/t41-,45+,46+,47+,48+,49-,50-,54+,55+/m0/s1. The van der Waals surface area contributed by atoms with Crippen LogP contribution < -0.4 is 0 Å². The van der Waals surface area contributed by atoms with Gasteiger partial charge in [0.25, 0.3) is 11.2 Å². The molecule has 2 aromatic carbocycles. The second-order valence-corrected chi connectivity index (χ2v) is 20.1. The quantitative estimate of drug-likeness (QED) is 0.0296. The van der Waals surface area contributed by atoms with Crippen molar-refractivity contribution in [3.05, 3.63) is 83.4 Å². The molecule has 10 nitrogen and oxygen atoms in total. The van der Waals surface area contributed by atoms with Crippen LogP contribution in [0.15, 0.2) is 72.3 Å². The molecule has 3 aliphatic heterocycles. The lowest BCUT2D eigenvalue weighted by atomic mass is 9.92. The maximum absolute atomic E-state index is 15.0. The molecule has 73 heavy (non-hydrogen) atoms. The number of hydrogen-bond acceptors (Lipinski definition) is 10. The number of ether oxygens (including phenoxy) is 7. The second kappa shape index (κ2) is 29.3. The summed E-state index contributed by atoms with van der Waals surface area (Å²) in [5.74, 6) is -3.39. The maximum Gasteiger partial charge on any atom is 0.432 e. The third-order valence-electron chi connectivity index (χ3n) is 14.8. The lowest BCUT2D eigenvalue weighted by Gasteiger charge is -2.35. The molecule has 5 rings (SSSR count). The number of unbranched alkanes of at least 4 members (excludes halogenated alkanes) is 16. The summed E-state index contributed by atoms with van der Waals surface area (Å²) in [7, 11) is 1.67. The van der Waals surface area contributed by atoms with Crippen LogP contribution in [0.25, 0.3) is 0 Å². The first kappa shape index (κ1) is 59.9. The molecular formula is C57H80F6O10. The number of halogens is 6. The minimum atomic E-state index is -5.17. The minimum absolute atomic E-state index is 0.153. The first-order chi connectivity index (χ1) is 35.0. The molecule has 0 spiro atoms. The van der Waals surface area contributed by atoms with Gasteiger partial charge in [0.15, 0.2) is 0 Å². The molecule has 2 aromatic rings. The first-order valence-corrected chi connectivity index (χ1v) is 27.0. The van der Waals surface area contributed by atoms with Crippen molar-refractivity contribution in [3.63, 3.8) is 0 Å². The highest BCUT2D eigenvalue weighted by atomic mass is 19.4. The Morgan fingerprint density at radius 2 is 0.932 bits per heavy atom. The van der Waals surface area contributed by atoms with Gasteiger partial charge < -0.3 is 33.2 Å². The average Bonchev–Trinajstić information content (AvgIpc) is 4.13. The maximum atomic E-state index is 15.0. The Bertz CT molecular complexity index is 1980. The van der Waals surface area contributed by atoms with Crippen LogP contribution in [0.5, 0.6) is 0 Å². The van der Waals surface area contributed by atoms with E-state index in [-0.39, 0.29) is 24.9 Å². The zero-order chi connectivity index (χ0) is 52.9. The van der Waals surface area contributed by atoms with Gasteiger partial charge in [0.1, 0.15) is 18.3 Å². The van der Waals surface area contributed by atoms with Gasteiger partial charge in [-0.3, -0.25) is 0 Å². The Morgan fingerprint density at radius 3 is 1.27 bits per heavy atom. The van der Waals surface area contributed by atoms with E-state index in [0.717, 1.165) is 129 Å². The predicted octanol–water partition coefficient (Wildman–Crippen LogP) is 14.2. The van der Waals surface area contributed by atoms with Gasteiger partial charge in [-0.05, 0) is 77.2 Å². The Hall–Kier alpha value is -3.99. The highest BCUT2D eigenvalue weighted by Gasteiger charge is 2.66. The molecule has 0 bridgehead atoms. The van der Waals surface area contributed by atoms with Crippen molar-refractivity contribution in [1.29, 1.82) is 0 Å². The van der Waals surface area contributed by atoms with Crippen molar-refractivity contribution < 1.29 is 73.9 Å². The number of hydrogen-bond donors (Lipinski definition) is 0. The number of methoxy groups -OCH3 is 2. The van der Waals surface area contributed by atoms with E-state index in [1.165, 1.54) is 60.7 Å². The molecule has 0 radical (unpaired) electrons. The summed E-state index contributed by atoms with van der Waals surface area (Å²) in [6.07, 6.45) is 6.66. The molecule has 410 valence electrons. The van der Waals surface area contributed by atoms with Crippen molar-refractivity contribution in [3.8, 4) is 0 Å². The molecule has 9 atom stereocenters. The second-order valence-electron chi connectivity index (χ2n) is 20.1. The van der Waals surface area contributed by atoms with Crippen LogP contribution in [0, 0.1) is 0 Å². The largest absolute Gasteiger partial charge is 0.457 e. The van der Waals surface area contributed by atoms with Gasteiger partial charge in [-0.25, -0.2) is 14.4 Å². The topological polar surface area (TPSA) is 116 Å². The fourth-order valence-electron chi connectivity index (χ4n) is 10.7. The normalized spacial score (nSPS) is 22.8. The smallest absolute Gasteiger partial charge is 0.432 e. The molecule has 2 saturated heterocycles. The Labute approximate surface area is 428 Å². The molecule has 2 fully saturated rings.